The van der Waals surface area contributed by atoms with Crippen LogP contribution in [0.2, 0.25) is 0 Å². The number of nitro benzene ring substituents is 1. The maximum Gasteiger partial charge on any atom is 0.275 e. The summed E-state index contributed by atoms with van der Waals surface area (Å²) in [7, 11) is 0. The van der Waals surface area contributed by atoms with E-state index in [4.69, 9.17) is 0 Å². The standard InChI is InChI=1S/C11H15BrN2O2/c1-11(2,3)13-7-8-4-5-9(12)6-10(8)14(15)16/h4-6,13H,7H2,1-3H3. The summed E-state index contributed by atoms with van der Waals surface area (Å²) in [5.74, 6) is 0. The molecular weight excluding hydrogens is 272 g/mol. The molecule has 0 atom stereocenters. The van der Waals surface area contributed by atoms with Crippen LogP contribution in [-0.2, 0) is 6.54 Å². The molecule has 0 amide bonds. The van der Waals surface area contributed by atoms with Crippen LogP contribution in [0.1, 0.15) is 26.3 Å². The molecule has 0 unspecified atom stereocenters. The zero-order chi connectivity index (χ0) is 12.3. The molecule has 1 N–H and O–H groups in total. The summed E-state index contributed by atoms with van der Waals surface area (Å²) in [6.07, 6.45) is 0. The van der Waals surface area contributed by atoms with Gasteiger partial charge in [-0.05, 0) is 32.9 Å². The van der Waals surface area contributed by atoms with E-state index in [0.717, 1.165) is 4.47 Å². The lowest BCUT2D eigenvalue weighted by molar-refractivity contribution is -0.385. The maximum absolute atomic E-state index is 10.9. The second kappa shape index (κ2) is 4.93. The van der Waals surface area contributed by atoms with E-state index in [-0.39, 0.29) is 16.1 Å². The van der Waals surface area contributed by atoms with E-state index >= 15 is 0 Å². The summed E-state index contributed by atoms with van der Waals surface area (Å²) < 4.78 is 0.721. The van der Waals surface area contributed by atoms with Gasteiger partial charge in [-0.1, -0.05) is 15.9 Å². The van der Waals surface area contributed by atoms with Crippen LogP contribution in [-0.4, -0.2) is 10.5 Å². The van der Waals surface area contributed by atoms with Gasteiger partial charge < -0.3 is 5.32 Å². The van der Waals surface area contributed by atoms with Gasteiger partial charge in [0.1, 0.15) is 0 Å². The molecule has 0 saturated heterocycles. The summed E-state index contributed by atoms with van der Waals surface area (Å²) in [4.78, 5) is 10.5. The van der Waals surface area contributed by atoms with Crippen molar-refractivity contribution in [3.8, 4) is 0 Å². The Hall–Kier alpha value is -0.940. The molecule has 1 aromatic rings. The monoisotopic (exact) mass is 286 g/mol. The fraction of sp³-hybridized carbons (Fsp3) is 0.455. The van der Waals surface area contributed by atoms with Crippen molar-refractivity contribution in [1.82, 2.24) is 5.32 Å². The van der Waals surface area contributed by atoms with E-state index in [9.17, 15) is 10.1 Å². The number of rotatable bonds is 3. The fourth-order valence-electron chi connectivity index (χ4n) is 1.22. The third-order valence-corrected chi connectivity index (χ3v) is 2.55. The zero-order valence-electron chi connectivity index (χ0n) is 9.58. The first-order chi connectivity index (χ1) is 7.29. The summed E-state index contributed by atoms with van der Waals surface area (Å²) in [6, 6.07) is 5.10. The third kappa shape index (κ3) is 3.90. The predicted molar refractivity (Wildman–Crippen MR) is 67.4 cm³/mol. The van der Waals surface area contributed by atoms with Gasteiger partial charge in [-0.15, -0.1) is 0 Å². The first kappa shape index (κ1) is 13.1. The molecule has 5 heteroatoms. The molecule has 0 fully saturated rings. The lowest BCUT2D eigenvalue weighted by Gasteiger charge is -2.20. The van der Waals surface area contributed by atoms with Crippen molar-refractivity contribution >= 4 is 21.6 Å². The molecule has 0 spiro atoms. The van der Waals surface area contributed by atoms with E-state index < -0.39 is 0 Å². The Morgan fingerprint density at radius 1 is 1.44 bits per heavy atom. The first-order valence-electron chi connectivity index (χ1n) is 4.97. The van der Waals surface area contributed by atoms with Crippen molar-refractivity contribution < 1.29 is 4.92 Å². The predicted octanol–water partition coefficient (Wildman–Crippen LogP) is 3.25. The molecule has 1 rings (SSSR count). The fourth-order valence-corrected chi connectivity index (χ4v) is 1.57. The van der Waals surface area contributed by atoms with E-state index in [1.165, 1.54) is 6.07 Å². The average Bonchev–Trinajstić information content (AvgIpc) is 2.14. The van der Waals surface area contributed by atoms with Gasteiger partial charge in [-0.2, -0.15) is 0 Å². The number of hydrogen-bond acceptors (Lipinski definition) is 3. The van der Waals surface area contributed by atoms with Crippen molar-refractivity contribution in [3.63, 3.8) is 0 Å². The van der Waals surface area contributed by atoms with Crippen LogP contribution in [0.25, 0.3) is 0 Å². The topological polar surface area (TPSA) is 55.2 Å². The molecule has 0 aliphatic rings. The SMILES string of the molecule is CC(C)(C)NCc1ccc(Br)cc1[N+](=O)[O-]. The lowest BCUT2D eigenvalue weighted by atomic mass is 10.1. The Morgan fingerprint density at radius 2 is 2.06 bits per heavy atom. The van der Waals surface area contributed by atoms with Crippen molar-refractivity contribution in [1.29, 1.82) is 0 Å². The minimum absolute atomic E-state index is 0.0546. The molecule has 88 valence electrons. The molecule has 0 aliphatic heterocycles. The maximum atomic E-state index is 10.9. The molecule has 0 saturated carbocycles. The van der Waals surface area contributed by atoms with Gasteiger partial charge in [0.15, 0.2) is 0 Å². The van der Waals surface area contributed by atoms with Gasteiger partial charge in [-0.3, -0.25) is 10.1 Å². The molecule has 0 radical (unpaired) electrons. The highest BCUT2D eigenvalue weighted by molar-refractivity contribution is 9.10. The van der Waals surface area contributed by atoms with Crippen molar-refractivity contribution in [3.05, 3.63) is 38.3 Å². The number of hydrogen-bond donors (Lipinski definition) is 1. The summed E-state index contributed by atoms with van der Waals surface area (Å²) in [5.41, 5.74) is 0.787. The Morgan fingerprint density at radius 3 is 2.56 bits per heavy atom. The zero-order valence-corrected chi connectivity index (χ0v) is 11.2. The molecule has 4 nitrogen and oxygen atoms in total. The van der Waals surface area contributed by atoms with E-state index in [1.807, 2.05) is 26.8 Å². The largest absolute Gasteiger partial charge is 0.308 e. The van der Waals surface area contributed by atoms with Crippen molar-refractivity contribution in [2.24, 2.45) is 0 Å². The highest BCUT2D eigenvalue weighted by atomic mass is 79.9. The number of nitrogens with one attached hydrogen (secondary N) is 1. The van der Waals surface area contributed by atoms with Crippen molar-refractivity contribution in [2.75, 3.05) is 0 Å². The molecule has 1 aromatic carbocycles. The van der Waals surface area contributed by atoms with Gasteiger partial charge in [-0.25, -0.2) is 0 Å². The van der Waals surface area contributed by atoms with Gasteiger partial charge in [0.2, 0.25) is 0 Å². The Bertz CT molecular complexity index is 399. The Labute approximate surface area is 103 Å². The minimum atomic E-state index is -0.357. The summed E-state index contributed by atoms with van der Waals surface area (Å²) in [5, 5.41) is 14.1. The first-order valence-corrected chi connectivity index (χ1v) is 5.77. The van der Waals surface area contributed by atoms with Gasteiger partial charge in [0, 0.05) is 28.2 Å². The molecule has 16 heavy (non-hydrogen) atoms. The molecule has 0 aromatic heterocycles. The number of benzene rings is 1. The van der Waals surface area contributed by atoms with Crippen LogP contribution in [0.5, 0.6) is 0 Å². The average molecular weight is 287 g/mol. The summed E-state index contributed by atoms with van der Waals surface area (Å²) >= 11 is 3.23. The minimum Gasteiger partial charge on any atom is -0.308 e. The molecule has 0 heterocycles. The highest BCUT2D eigenvalue weighted by Crippen LogP contribution is 2.23. The number of nitro groups is 1. The van der Waals surface area contributed by atoms with E-state index in [1.54, 1.807) is 6.07 Å². The second-order valence-corrected chi connectivity index (χ2v) is 5.55. The van der Waals surface area contributed by atoms with Crippen LogP contribution < -0.4 is 5.32 Å². The summed E-state index contributed by atoms with van der Waals surface area (Å²) in [6.45, 7) is 6.57. The van der Waals surface area contributed by atoms with Crippen LogP contribution in [0.4, 0.5) is 5.69 Å². The van der Waals surface area contributed by atoms with Crippen LogP contribution in [0, 0.1) is 10.1 Å². The van der Waals surface area contributed by atoms with E-state index in [2.05, 4.69) is 21.2 Å². The van der Waals surface area contributed by atoms with E-state index in [0.29, 0.717) is 12.1 Å². The van der Waals surface area contributed by atoms with Gasteiger partial charge in [0.25, 0.3) is 5.69 Å². The van der Waals surface area contributed by atoms with Crippen molar-refractivity contribution in [2.45, 2.75) is 32.9 Å². The third-order valence-electron chi connectivity index (χ3n) is 2.05. The van der Waals surface area contributed by atoms with Crippen LogP contribution in [0.15, 0.2) is 22.7 Å². The quantitative estimate of drug-likeness (QED) is 0.686. The van der Waals surface area contributed by atoms with Crippen LogP contribution in [0.3, 0.4) is 0 Å². The normalized spacial score (nSPS) is 11.5. The Kier molecular flexibility index (Phi) is 4.04. The highest BCUT2D eigenvalue weighted by Gasteiger charge is 2.16. The van der Waals surface area contributed by atoms with Gasteiger partial charge in [0.05, 0.1) is 4.92 Å². The molecule has 0 bridgehead atoms. The Balaban J connectivity index is 2.91. The smallest absolute Gasteiger partial charge is 0.275 e. The number of nitrogens with zero attached hydrogens (tertiary/aromatic N) is 1. The molecular formula is C11H15BrN2O2. The van der Waals surface area contributed by atoms with Gasteiger partial charge >= 0.3 is 0 Å². The lowest BCUT2D eigenvalue weighted by Crippen LogP contribution is -2.35. The second-order valence-electron chi connectivity index (χ2n) is 4.63. The number of halogens is 1. The molecule has 0 aliphatic carbocycles. The van der Waals surface area contributed by atoms with Crippen LogP contribution >= 0.6 is 15.9 Å².